The highest BCUT2D eigenvalue weighted by molar-refractivity contribution is 5.80. The highest BCUT2D eigenvalue weighted by Gasteiger charge is 2.32. The molecule has 1 aliphatic rings. The van der Waals surface area contributed by atoms with Gasteiger partial charge in [-0.2, -0.15) is 0 Å². The van der Waals surface area contributed by atoms with Gasteiger partial charge in [-0.15, -0.1) is 0 Å². The number of likely N-dealkylation sites (tertiary alicyclic amines) is 1. The van der Waals surface area contributed by atoms with E-state index >= 15 is 0 Å². The van der Waals surface area contributed by atoms with Gasteiger partial charge in [0.05, 0.1) is 31.6 Å². The van der Waals surface area contributed by atoms with Crippen LogP contribution >= 0.6 is 0 Å². The number of nitro groups is 1. The zero-order chi connectivity index (χ0) is 19.4. The van der Waals surface area contributed by atoms with Crippen LogP contribution in [-0.4, -0.2) is 36.5 Å². The maximum absolute atomic E-state index is 12.9. The first kappa shape index (κ1) is 18.7. The molecule has 0 N–H and O–H groups in total. The van der Waals surface area contributed by atoms with Crippen LogP contribution in [0.4, 0.5) is 5.69 Å². The van der Waals surface area contributed by atoms with Crippen molar-refractivity contribution in [3.63, 3.8) is 0 Å². The van der Waals surface area contributed by atoms with Crippen molar-refractivity contribution in [2.75, 3.05) is 20.8 Å². The normalized spacial score (nSPS) is 16.2. The SMILES string of the molecule is COc1ccc(C2CCCN2C(=O)Cc2ccccc2[N+](=O)[O-])c(OC)c1. The molecule has 1 atom stereocenters. The fourth-order valence-corrected chi connectivity index (χ4v) is 3.59. The third kappa shape index (κ3) is 3.86. The third-order valence-electron chi connectivity index (χ3n) is 4.90. The van der Waals surface area contributed by atoms with Gasteiger partial charge in [-0.05, 0) is 25.0 Å². The summed E-state index contributed by atoms with van der Waals surface area (Å²) in [6.07, 6.45) is 1.71. The zero-order valence-corrected chi connectivity index (χ0v) is 15.4. The van der Waals surface area contributed by atoms with Crippen LogP contribution in [0.5, 0.6) is 11.5 Å². The maximum atomic E-state index is 12.9. The van der Waals surface area contributed by atoms with Gasteiger partial charge in [0.2, 0.25) is 5.91 Å². The number of nitrogens with zero attached hydrogens (tertiary/aromatic N) is 2. The molecule has 3 rings (SSSR count). The Morgan fingerprint density at radius 1 is 1.22 bits per heavy atom. The molecular weight excluding hydrogens is 348 g/mol. The summed E-state index contributed by atoms with van der Waals surface area (Å²) in [5.74, 6) is 1.24. The van der Waals surface area contributed by atoms with Gasteiger partial charge in [0.25, 0.3) is 5.69 Å². The van der Waals surface area contributed by atoms with Crippen LogP contribution < -0.4 is 9.47 Å². The summed E-state index contributed by atoms with van der Waals surface area (Å²) in [4.78, 5) is 25.5. The van der Waals surface area contributed by atoms with Gasteiger partial charge in [-0.1, -0.05) is 18.2 Å². The van der Waals surface area contributed by atoms with Crippen LogP contribution in [0.1, 0.15) is 30.0 Å². The molecule has 2 aromatic carbocycles. The van der Waals surface area contributed by atoms with Gasteiger partial charge in [0.15, 0.2) is 0 Å². The molecule has 0 bridgehead atoms. The summed E-state index contributed by atoms with van der Waals surface area (Å²) in [6, 6.07) is 11.8. The molecule has 0 spiro atoms. The molecule has 0 saturated carbocycles. The Morgan fingerprint density at radius 3 is 2.70 bits per heavy atom. The standard InChI is InChI=1S/C20H22N2O5/c1-26-15-9-10-16(19(13-15)27-2)18-8-5-11-21(18)20(23)12-14-6-3-4-7-17(14)22(24)25/h3-4,6-7,9-10,13,18H,5,8,11-12H2,1-2H3. The van der Waals surface area contributed by atoms with Gasteiger partial charge < -0.3 is 14.4 Å². The number of hydrogen-bond donors (Lipinski definition) is 0. The molecule has 1 saturated heterocycles. The molecule has 1 fully saturated rings. The second-order valence-electron chi connectivity index (χ2n) is 6.42. The average molecular weight is 370 g/mol. The molecule has 7 nitrogen and oxygen atoms in total. The van der Waals surface area contributed by atoms with E-state index in [0.717, 1.165) is 18.4 Å². The van der Waals surface area contributed by atoms with E-state index in [0.29, 0.717) is 23.6 Å². The van der Waals surface area contributed by atoms with Crippen LogP contribution in [0, 0.1) is 10.1 Å². The summed E-state index contributed by atoms with van der Waals surface area (Å²) < 4.78 is 10.7. The lowest BCUT2D eigenvalue weighted by Gasteiger charge is -2.26. The molecule has 1 heterocycles. The Balaban J connectivity index is 1.85. The van der Waals surface area contributed by atoms with E-state index in [2.05, 4.69) is 0 Å². The van der Waals surface area contributed by atoms with E-state index < -0.39 is 4.92 Å². The summed E-state index contributed by atoms with van der Waals surface area (Å²) >= 11 is 0. The fourth-order valence-electron chi connectivity index (χ4n) is 3.59. The molecule has 0 radical (unpaired) electrons. The van der Waals surface area contributed by atoms with Crippen LogP contribution in [0.15, 0.2) is 42.5 Å². The predicted molar refractivity (Wildman–Crippen MR) is 100 cm³/mol. The van der Waals surface area contributed by atoms with E-state index in [-0.39, 0.29) is 24.1 Å². The lowest BCUT2D eigenvalue weighted by atomic mass is 10.0. The molecule has 1 unspecified atom stereocenters. The van der Waals surface area contributed by atoms with Gasteiger partial charge >= 0.3 is 0 Å². The van der Waals surface area contributed by atoms with Gasteiger partial charge in [-0.25, -0.2) is 0 Å². The maximum Gasteiger partial charge on any atom is 0.273 e. The topological polar surface area (TPSA) is 81.9 Å². The monoisotopic (exact) mass is 370 g/mol. The number of para-hydroxylation sites is 1. The predicted octanol–water partition coefficient (Wildman–Crippen LogP) is 3.52. The first-order valence-corrected chi connectivity index (χ1v) is 8.79. The zero-order valence-electron chi connectivity index (χ0n) is 15.4. The quantitative estimate of drug-likeness (QED) is 0.574. The number of methoxy groups -OCH3 is 2. The van der Waals surface area contributed by atoms with Crippen molar-refractivity contribution in [1.29, 1.82) is 0 Å². The number of carbonyl (C=O) groups is 1. The van der Waals surface area contributed by atoms with Crippen LogP contribution in [0.25, 0.3) is 0 Å². The first-order valence-electron chi connectivity index (χ1n) is 8.79. The van der Waals surface area contributed by atoms with Crippen molar-refractivity contribution >= 4 is 11.6 Å². The molecular formula is C20H22N2O5. The minimum absolute atomic E-state index is 0.00607. The molecule has 1 amide bonds. The summed E-state index contributed by atoms with van der Waals surface area (Å²) in [7, 11) is 3.18. The average Bonchev–Trinajstić information content (AvgIpc) is 3.17. The third-order valence-corrected chi connectivity index (χ3v) is 4.90. The number of amides is 1. The summed E-state index contributed by atoms with van der Waals surface area (Å²) in [5, 5.41) is 11.2. The van der Waals surface area contributed by atoms with Crippen molar-refractivity contribution in [3.8, 4) is 11.5 Å². The van der Waals surface area contributed by atoms with Crippen LogP contribution in [-0.2, 0) is 11.2 Å². The molecule has 27 heavy (non-hydrogen) atoms. The fraction of sp³-hybridized carbons (Fsp3) is 0.350. The summed E-state index contributed by atoms with van der Waals surface area (Å²) in [5.41, 5.74) is 1.33. The number of rotatable bonds is 6. The Hall–Kier alpha value is -3.09. The van der Waals surface area contributed by atoms with E-state index in [9.17, 15) is 14.9 Å². The number of benzene rings is 2. The number of carbonyl (C=O) groups excluding carboxylic acids is 1. The molecule has 1 aliphatic heterocycles. The Kier molecular flexibility index (Phi) is 5.59. The van der Waals surface area contributed by atoms with E-state index in [1.165, 1.54) is 6.07 Å². The van der Waals surface area contributed by atoms with Crippen molar-refractivity contribution in [2.24, 2.45) is 0 Å². The lowest BCUT2D eigenvalue weighted by molar-refractivity contribution is -0.385. The van der Waals surface area contributed by atoms with E-state index in [1.54, 1.807) is 43.4 Å². The van der Waals surface area contributed by atoms with Crippen LogP contribution in [0.2, 0.25) is 0 Å². The highest BCUT2D eigenvalue weighted by atomic mass is 16.6. The second kappa shape index (κ2) is 8.07. The number of ether oxygens (including phenoxy) is 2. The molecule has 0 aliphatic carbocycles. The largest absolute Gasteiger partial charge is 0.497 e. The number of hydrogen-bond acceptors (Lipinski definition) is 5. The second-order valence-corrected chi connectivity index (χ2v) is 6.42. The number of nitro benzene ring substituents is 1. The smallest absolute Gasteiger partial charge is 0.273 e. The van der Waals surface area contributed by atoms with Gasteiger partial charge in [-0.3, -0.25) is 14.9 Å². The minimum atomic E-state index is -0.448. The van der Waals surface area contributed by atoms with E-state index in [4.69, 9.17) is 9.47 Å². The van der Waals surface area contributed by atoms with Crippen molar-refractivity contribution in [2.45, 2.75) is 25.3 Å². The Morgan fingerprint density at radius 2 is 2.00 bits per heavy atom. The van der Waals surface area contributed by atoms with Crippen molar-refractivity contribution < 1.29 is 19.2 Å². The highest BCUT2D eigenvalue weighted by Crippen LogP contribution is 2.39. The molecule has 7 heteroatoms. The lowest BCUT2D eigenvalue weighted by Crippen LogP contribution is -2.32. The molecule has 0 aromatic heterocycles. The van der Waals surface area contributed by atoms with Gasteiger partial charge in [0, 0.05) is 29.8 Å². The van der Waals surface area contributed by atoms with Crippen LogP contribution in [0.3, 0.4) is 0 Å². The van der Waals surface area contributed by atoms with Crippen molar-refractivity contribution in [3.05, 3.63) is 63.7 Å². The summed E-state index contributed by atoms with van der Waals surface area (Å²) in [6.45, 7) is 0.624. The first-order chi connectivity index (χ1) is 13.0. The van der Waals surface area contributed by atoms with Gasteiger partial charge in [0.1, 0.15) is 11.5 Å². The molecule has 2 aromatic rings. The van der Waals surface area contributed by atoms with Crippen molar-refractivity contribution in [1.82, 2.24) is 4.90 Å². The minimum Gasteiger partial charge on any atom is -0.497 e. The molecule has 142 valence electrons. The Bertz CT molecular complexity index is 852. The van der Waals surface area contributed by atoms with E-state index in [1.807, 2.05) is 12.1 Å². The Labute approximate surface area is 157 Å².